The SMILES string of the molecule is CC(N)(c1ccc(Oc2ccc(C(N)=O)cn2)c(F)c1)c1ccco1. The molecule has 0 radical (unpaired) electrons. The number of halogens is 1. The third-order valence-corrected chi connectivity index (χ3v) is 3.80. The summed E-state index contributed by atoms with van der Waals surface area (Å²) in [6.45, 7) is 1.73. The van der Waals surface area contributed by atoms with Gasteiger partial charge in [0.2, 0.25) is 11.8 Å². The summed E-state index contributed by atoms with van der Waals surface area (Å²) < 4.78 is 25.1. The maximum absolute atomic E-state index is 14.4. The predicted molar refractivity (Wildman–Crippen MR) is 88.6 cm³/mol. The van der Waals surface area contributed by atoms with Crippen LogP contribution in [0.2, 0.25) is 0 Å². The number of pyridine rings is 1. The van der Waals surface area contributed by atoms with Crippen LogP contribution in [0.15, 0.2) is 59.3 Å². The Morgan fingerprint density at radius 3 is 2.64 bits per heavy atom. The number of amides is 1. The van der Waals surface area contributed by atoms with Crippen LogP contribution in [0.3, 0.4) is 0 Å². The van der Waals surface area contributed by atoms with Crippen LogP contribution >= 0.6 is 0 Å². The number of furan rings is 1. The Bertz CT molecular complexity index is 890. The van der Waals surface area contributed by atoms with Crippen molar-refractivity contribution >= 4 is 5.91 Å². The highest BCUT2D eigenvalue weighted by molar-refractivity contribution is 5.92. The fourth-order valence-corrected chi connectivity index (χ4v) is 2.32. The van der Waals surface area contributed by atoms with Gasteiger partial charge in [0.1, 0.15) is 5.76 Å². The molecule has 4 N–H and O–H groups in total. The summed E-state index contributed by atoms with van der Waals surface area (Å²) in [4.78, 5) is 14.9. The molecule has 128 valence electrons. The number of aromatic nitrogens is 1. The summed E-state index contributed by atoms with van der Waals surface area (Å²) in [5.41, 5.74) is 11.2. The van der Waals surface area contributed by atoms with Crippen LogP contribution in [0, 0.1) is 5.82 Å². The molecule has 3 rings (SSSR count). The molecule has 0 aliphatic carbocycles. The molecular formula is C18H16FN3O3. The van der Waals surface area contributed by atoms with Gasteiger partial charge < -0.3 is 20.6 Å². The Balaban J connectivity index is 1.84. The molecule has 2 aromatic heterocycles. The molecular weight excluding hydrogens is 325 g/mol. The van der Waals surface area contributed by atoms with E-state index in [1.165, 1.54) is 36.7 Å². The normalized spacial score (nSPS) is 13.2. The van der Waals surface area contributed by atoms with Gasteiger partial charge in [0.25, 0.3) is 0 Å². The van der Waals surface area contributed by atoms with Crippen LogP contribution in [-0.4, -0.2) is 10.9 Å². The van der Waals surface area contributed by atoms with Crippen molar-refractivity contribution in [3.63, 3.8) is 0 Å². The number of nitrogens with two attached hydrogens (primary N) is 2. The van der Waals surface area contributed by atoms with Gasteiger partial charge in [-0.1, -0.05) is 6.07 Å². The average molecular weight is 341 g/mol. The fourth-order valence-electron chi connectivity index (χ4n) is 2.32. The zero-order chi connectivity index (χ0) is 18.0. The molecule has 3 aromatic rings. The van der Waals surface area contributed by atoms with Gasteiger partial charge in [-0.25, -0.2) is 9.37 Å². The third-order valence-electron chi connectivity index (χ3n) is 3.80. The first-order valence-corrected chi connectivity index (χ1v) is 7.44. The smallest absolute Gasteiger partial charge is 0.250 e. The zero-order valence-corrected chi connectivity index (χ0v) is 13.4. The maximum Gasteiger partial charge on any atom is 0.250 e. The lowest BCUT2D eigenvalue weighted by molar-refractivity contribution is 0.1000. The summed E-state index contributed by atoms with van der Waals surface area (Å²) in [7, 11) is 0. The van der Waals surface area contributed by atoms with E-state index >= 15 is 0 Å². The Morgan fingerprint density at radius 2 is 2.08 bits per heavy atom. The highest BCUT2D eigenvalue weighted by Gasteiger charge is 2.27. The molecule has 0 fully saturated rings. The monoisotopic (exact) mass is 341 g/mol. The standard InChI is InChI=1S/C18H16FN3O3/c1-18(21,15-3-2-8-24-15)12-5-6-14(13(19)9-12)25-16-7-4-11(10-22-16)17(20)23/h2-10H,21H2,1H3,(H2,20,23). The van der Waals surface area contributed by atoms with E-state index in [4.69, 9.17) is 20.6 Å². The van der Waals surface area contributed by atoms with Crippen molar-refractivity contribution < 1.29 is 18.3 Å². The summed E-state index contributed by atoms with van der Waals surface area (Å²) in [6, 6.07) is 10.7. The molecule has 1 atom stereocenters. The second kappa shape index (κ2) is 6.37. The van der Waals surface area contributed by atoms with Crippen LogP contribution in [0.5, 0.6) is 11.6 Å². The van der Waals surface area contributed by atoms with E-state index < -0.39 is 17.3 Å². The molecule has 0 spiro atoms. The minimum absolute atomic E-state index is 0.0154. The fraction of sp³-hybridized carbons (Fsp3) is 0.111. The number of carbonyl (C=O) groups excluding carboxylic acids is 1. The van der Waals surface area contributed by atoms with Gasteiger partial charge >= 0.3 is 0 Å². The van der Waals surface area contributed by atoms with E-state index in [0.29, 0.717) is 11.3 Å². The average Bonchev–Trinajstić information content (AvgIpc) is 3.12. The Labute approximate surface area is 143 Å². The molecule has 0 aliphatic rings. The molecule has 2 heterocycles. The van der Waals surface area contributed by atoms with Crippen LogP contribution in [0.1, 0.15) is 28.6 Å². The van der Waals surface area contributed by atoms with Crippen LogP contribution < -0.4 is 16.2 Å². The number of benzene rings is 1. The third kappa shape index (κ3) is 3.36. The topological polar surface area (TPSA) is 104 Å². The summed E-state index contributed by atoms with van der Waals surface area (Å²) in [5.74, 6) is -0.558. The summed E-state index contributed by atoms with van der Waals surface area (Å²) in [6.07, 6.45) is 2.77. The second-order valence-corrected chi connectivity index (χ2v) is 5.68. The molecule has 0 aliphatic heterocycles. The first-order valence-electron chi connectivity index (χ1n) is 7.44. The van der Waals surface area contributed by atoms with Crippen molar-refractivity contribution in [1.82, 2.24) is 4.98 Å². The zero-order valence-electron chi connectivity index (χ0n) is 13.4. The minimum atomic E-state index is -0.982. The van der Waals surface area contributed by atoms with Gasteiger partial charge in [0.15, 0.2) is 11.6 Å². The van der Waals surface area contributed by atoms with Crippen molar-refractivity contribution in [2.75, 3.05) is 0 Å². The second-order valence-electron chi connectivity index (χ2n) is 5.68. The molecule has 0 saturated heterocycles. The molecule has 6 nitrogen and oxygen atoms in total. The van der Waals surface area contributed by atoms with E-state index in [-0.39, 0.29) is 17.2 Å². The van der Waals surface area contributed by atoms with E-state index in [1.807, 2.05) is 0 Å². The Morgan fingerprint density at radius 1 is 1.28 bits per heavy atom. The van der Waals surface area contributed by atoms with E-state index in [2.05, 4.69) is 4.98 Å². The number of hydrogen-bond acceptors (Lipinski definition) is 5. The number of hydrogen-bond donors (Lipinski definition) is 2. The van der Waals surface area contributed by atoms with Crippen molar-refractivity contribution in [3.05, 3.63) is 77.6 Å². The lowest BCUT2D eigenvalue weighted by Gasteiger charge is -2.23. The van der Waals surface area contributed by atoms with Gasteiger partial charge in [0.05, 0.1) is 17.4 Å². The minimum Gasteiger partial charge on any atom is -0.467 e. The number of ether oxygens (including phenoxy) is 1. The molecule has 0 saturated carbocycles. The maximum atomic E-state index is 14.4. The molecule has 1 amide bonds. The van der Waals surface area contributed by atoms with Crippen molar-refractivity contribution in [2.45, 2.75) is 12.5 Å². The molecule has 1 unspecified atom stereocenters. The predicted octanol–water partition coefficient (Wildman–Crippen LogP) is 2.93. The molecule has 0 bridgehead atoms. The number of rotatable bonds is 5. The number of primary amides is 1. The number of carbonyl (C=O) groups is 1. The van der Waals surface area contributed by atoms with E-state index in [0.717, 1.165) is 0 Å². The van der Waals surface area contributed by atoms with Gasteiger partial charge in [0, 0.05) is 12.3 Å². The molecule has 25 heavy (non-hydrogen) atoms. The lowest BCUT2D eigenvalue weighted by Crippen LogP contribution is -2.33. The van der Waals surface area contributed by atoms with Gasteiger partial charge in [-0.3, -0.25) is 4.79 Å². The first kappa shape index (κ1) is 16.7. The van der Waals surface area contributed by atoms with Gasteiger partial charge in [-0.05, 0) is 42.8 Å². The van der Waals surface area contributed by atoms with Crippen LogP contribution in [0.25, 0.3) is 0 Å². The highest BCUT2D eigenvalue weighted by Crippen LogP contribution is 2.31. The van der Waals surface area contributed by atoms with Crippen molar-refractivity contribution in [2.24, 2.45) is 11.5 Å². The van der Waals surface area contributed by atoms with Gasteiger partial charge in [-0.15, -0.1) is 0 Å². The largest absolute Gasteiger partial charge is 0.467 e. The summed E-state index contributed by atoms with van der Waals surface area (Å²) >= 11 is 0. The first-order chi connectivity index (χ1) is 11.9. The Hall–Kier alpha value is -3.19. The highest BCUT2D eigenvalue weighted by atomic mass is 19.1. The van der Waals surface area contributed by atoms with E-state index in [1.54, 1.807) is 25.1 Å². The summed E-state index contributed by atoms with van der Waals surface area (Å²) in [5, 5.41) is 0. The van der Waals surface area contributed by atoms with E-state index in [9.17, 15) is 9.18 Å². The lowest BCUT2D eigenvalue weighted by atomic mass is 9.90. The van der Waals surface area contributed by atoms with Gasteiger partial charge in [-0.2, -0.15) is 0 Å². The van der Waals surface area contributed by atoms with Crippen molar-refractivity contribution in [1.29, 1.82) is 0 Å². The molecule has 1 aromatic carbocycles. The van der Waals surface area contributed by atoms with Crippen molar-refractivity contribution in [3.8, 4) is 11.6 Å². The molecule has 7 heteroatoms. The quantitative estimate of drug-likeness (QED) is 0.742. The Kier molecular flexibility index (Phi) is 4.24. The van der Waals surface area contributed by atoms with Crippen LogP contribution in [-0.2, 0) is 5.54 Å². The number of nitrogens with zero attached hydrogens (tertiary/aromatic N) is 1. The van der Waals surface area contributed by atoms with Crippen LogP contribution in [0.4, 0.5) is 4.39 Å².